The summed E-state index contributed by atoms with van der Waals surface area (Å²) in [4.78, 5) is 0. The molecule has 2 heteroatoms. The molecule has 0 aromatic heterocycles. The molecule has 0 aliphatic rings. The molecule has 1 atom stereocenters. The SMILES string of the molecule is CCCCCC(C)(N)Cc1ccc(F)cc1. The van der Waals surface area contributed by atoms with Crippen molar-refractivity contribution in [3.05, 3.63) is 35.6 Å². The summed E-state index contributed by atoms with van der Waals surface area (Å²) in [5.41, 5.74) is 7.17. The number of rotatable bonds is 6. The molecule has 0 spiro atoms. The lowest BCUT2D eigenvalue weighted by molar-refractivity contribution is 0.408. The van der Waals surface area contributed by atoms with Gasteiger partial charge in [-0.2, -0.15) is 0 Å². The van der Waals surface area contributed by atoms with Crippen molar-refractivity contribution in [3.8, 4) is 0 Å². The molecular formula is C14H22FN. The van der Waals surface area contributed by atoms with E-state index in [0.29, 0.717) is 0 Å². The number of hydrogen-bond donors (Lipinski definition) is 1. The van der Waals surface area contributed by atoms with Gasteiger partial charge in [0.1, 0.15) is 5.82 Å². The minimum atomic E-state index is -0.187. The molecule has 0 saturated heterocycles. The fourth-order valence-electron chi connectivity index (χ4n) is 1.94. The summed E-state index contributed by atoms with van der Waals surface area (Å²) in [5.74, 6) is -0.187. The van der Waals surface area contributed by atoms with Crippen LogP contribution in [0, 0.1) is 5.82 Å². The smallest absolute Gasteiger partial charge is 0.123 e. The average molecular weight is 223 g/mol. The first kappa shape index (κ1) is 13.2. The van der Waals surface area contributed by atoms with Crippen LogP contribution in [0.1, 0.15) is 45.1 Å². The van der Waals surface area contributed by atoms with Crippen LogP contribution >= 0.6 is 0 Å². The van der Waals surface area contributed by atoms with Crippen LogP contribution in [0.5, 0.6) is 0 Å². The third-order valence-corrected chi connectivity index (χ3v) is 2.87. The van der Waals surface area contributed by atoms with Crippen LogP contribution in [0.3, 0.4) is 0 Å². The lowest BCUT2D eigenvalue weighted by atomic mass is 9.88. The van der Waals surface area contributed by atoms with Crippen LogP contribution < -0.4 is 5.73 Å². The maximum atomic E-state index is 12.7. The van der Waals surface area contributed by atoms with Gasteiger partial charge in [-0.25, -0.2) is 4.39 Å². The van der Waals surface area contributed by atoms with Crippen LogP contribution in [-0.4, -0.2) is 5.54 Å². The van der Waals surface area contributed by atoms with Crippen molar-refractivity contribution in [2.24, 2.45) is 5.73 Å². The van der Waals surface area contributed by atoms with Crippen molar-refractivity contribution in [1.29, 1.82) is 0 Å². The van der Waals surface area contributed by atoms with Gasteiger partial charge in [-0.15, -0.1) is 0 Å². The van der Waals surface area contributed by atoms with E-state index < -0.39 is 0 Å². The van der Waals surface area contributed by atoms with Crippen molar-refractivity contribution in [2.45, 2.75) is 51.5 Å². The summed E-state index contributed by atoms with van der Waals surface area (Å²) >= 11 is 0. The van der Waals surface area contributed by atoms with E-state index in [1.165, 1.54) is 31.4 Å². The maximum Gasteiger partial charge on any atom is 0.123 e. The molecule has 1 aromatic rings. The van der Waals surface area contributed by atoms with E-state index in [0.717, 1.165) is 18.4 Å². The van der Waals surface area contributed by atoms with Gasteiger partial charge in [-0.05, 0) is 37.5 Å². The maximum absolute atomic E-state index is 12.7. The Kier molecular flexibility index (Phi) is 4.94. The second-order valence-corrected chi connectivity index (χ2v) is 4.91. The zero-order chi connectivity index (χ0) is 12.0. The summed E-state index contributed by atoms with van der Waals surface area (Å²) in [6.07, 6.45) is 5.46. The highest BCUT2D eigenvalue weighted by Gasteiger charge is 2.18. The van der Waals surface area contributed by atoms with E-state index in [4.69, 9.17) is 5.73 Å². The lowest BCUT2D eigenvalue weighted by Gasteiger charge is -2.24. The van der Waals surface area contributed by atoms with Gasteiger partial charge in [0.05, 0.1) is 0 Å². The molecule has 0 fully saturated rings. The van der Waals surface area contributed by atoms with Gasteiger partial charge in [-0.3, -0.25) is 0 Å². The summed E-state index contributed by atoms with van der Waals surface area (Å²) in [7, 11) is 0. The van der Waals surface area contributed by atoms with Crippen LogP contribution in [0.4, 0.5) is 4.39 Å². The molecule has 0 amide bonds. The van der Waals surface area contributed by atoms with Crippen molar-refractivity contribution in [3.63, 3.8) is 0 Å². The third kappa shape index (κ3) is 4.75. The highest BCUT2D eigenvalue weighted by Crippen LogP contribution is 2.18. The van der Waals surface area contributed by atoms with Gasteiger partial charge in [0.25, 0.3) is 0 Å². The Labute approximate surface area is 97.9 Å². The predicted molar refractivity (Wildman–Crippen MR) is 66.8 cm³/mol. The van der Waals surface area contributed by atoms with Crippen LogP contribution in [0.25, 0.3) is 0 Å². The van der Waals surface area contributed by atoms with Crippen molar-refractivity contribution < 1.29 is 4.39 Å². The molecular weight excluding hydrogens is 201 g/mol. The lowest BCUT2D eigenvalue weighted by Crippen LogP contribution is -2.38. The Morgan fingerprint density at radius 3 is 2.38 bits per heavy atom. The van der Waals surface area contributed by atoms with E-state index in [9.17, 15) is 4.39 Å². The van der Waals surface area contributed by atoms with E-state index in [-0.39, 0.29) is 11.4 Å². The van der Waals surface area contributed by atoms with Crippen LogP contribution in [0.2, 0.25) is 0 Å². The molecule has 90 valence electrons. The minimum absolute atomic E-state index is 0.174. The van der Waals surface area contributed by atoms with Gasteiger partial charge in [0, 0.05) is 5.54 Å². The number of unbranched alkanes of at least 4 members (excludes halogenated alkanes) is 2. The Morgan fingerprint density at radius 1 is 1.19 bits per heavy atom. The quantitative estimate of drug-likeness (QED) is 0.732. The molecule has 0 bridgehead atoms. The second-order valence-electron chi connectivity index (χ2n) is 4.91. The predicted octanol–water partition coefficient (Wildman–Crippen LogP) is 3.67. The fourth-order valence-corrected chi connectivity index (χ4v) is 1.94. The molecule has 0 saturated carbocycles. The summed E-state index contributed by atoms with van der Waals surface area (Å²) in [6, 6.07) is 6.63. The molecule has 2 N–H and O–H groups in total. The number of nitrogens with two attached hydrogens (primary N) is 1. The van der Waals surface area contributed by atoms with E-state index in [1.807, 2.05) is 12.1 Å². The molecule has 1 unspecified atom stereocenters. The molecule has 0 aliphatic heterocycles. The molecule has 0 radical (unpaired) electrons. The first-order chi connectivity index (χ1) is 7.53. The Morgan fingerprint density at radius 2 is 1.81 bits per heavy atom. The Balaban J connectivity index is 2.48. The van der Waals surface area contributed by atoms with Gasteiger partial charge < -0.3 is 5.73 Å². The number of benzene rings is 1. The van der Waals surface area contributed by atoms with Crippen LogP contribution in [-0.2, 0) is 6.42 Å². The van der Waals surface area contributed by atoms with Crippen LogP contribution in [0.15, 0.2) is 24.3 Å². The highest BCUT2D eigenvalue weighted by atomic mass is 19.1. The molecule has 0 aliphatic carbocycles. The summed E-state index contributed by atoms with van der Waals surface area (Å²) < 4.78 is 12.7. The normalized spacial score (nSPS) is 14.8. The number of halogens is 1. The fraction of sp³-hybridized carbons (Fsp3) is 0.571. The molecule has 1 nitrogen and oxygen atoms in total. The molecule has 1 rings (SSSR count). The van der Waals surface area contributed by atoms with Gasteiger partial charge >= 0.3 is 0 Å². The summed E-state index contributed by atoms with van der Waals surface area (Å²) in [6.45, 7) is 4.26. The minimum Gasteiger partial charge on any atom is -0.325 e. The van der Waals surface area contributed by atoms with E-state index >= 15 is 0 Å². The van der Waals surface area contributed by atoms with E-state index in [1.54, 1.807) is 0 Å². The van der Waals surface area contributed by atoms with E-state index in [2.05, 4.69) is 13.8 Å². The van der Waals surface area contributed by atoms with Gasteiger partial charge in [0.2, 0.25) is 0 Å². The van der Waals surface area contributed by atoms with Gasteiger partial charge in [0.15, 0.2) is 0 Å². The third-order valence-electron chi connectivity index (χ3n) is 2.87. The van der Waals surface area contributed by atoms with Crippen molar-refractivity contribution in [2.75, 3.05) is 0 Å². The summed E-state index contributed by atoms with van der Waals surface area (Å²) in [5, 5.41) is 0. The molecule has 0 heterocycles. The van der Waals surface area contributed by atoms with Gasteiger partial charge in [-0.1, -0.05) is 38.3 Å². The average Bonchev–Trinajstić information content (AvgIpc) is 2.21. The highest BCUT2D eigenvalue weighted by molar-refractivity contribution is 5.18. The van der Waals surface area contributed by atoms with Crippen molar-refractivity contribution in [1.82, 2.24) is 0 Å². The Bertz CT molecular complexity index is 303. The monoisotopic (exact) mass is 223 g/mol. The first-order valence-corrected chi connectivity index (χ1v) is 6.07. The Hall–Kier alpha value is -0.890. The second kappa shape index (κ2) is 6.00. The zero-order valence-corrected chi connectivity index (χ0v) is 10.3. The number of hydrogen-bond acceptors (Lipinski definition) is 1. The largest absolute Gasteiger partial charge is 0.325 e. The molecule has 16 heavy (non-hydrogen) atoms. The topological polar surface area (TPSA) is 26.0 Å². The molecule has 1 aromatic carbocycles. The zero-order valence-electron chi connectivity index (χ0n) is 10.3. The first-order valence-electron chi connectivity index (χ1n) is 6.07. The standard InChI is InChI=1S/C14H22FN/c1-3-4-5-10-14(2,16)11-12-6-8-13(15)9-7-12/h6-9H,3-5,10-11,16H2,1-2H3. The van der Waals surface area contributed by atoms with Crippen molar-refractivity contribution >= 4 is 0 Å².